The second-order valence-electron chi connectivity index (χ2n) is 7.84. The summed E-state index contributed by atoms with van der Waals surface area (Å²) >= 11 is 1.74. The van der Waals surface area contributed by atoms with E-state index in [0.29, 0.717) is 17.4 Å². The minimum Gasteiger partial charge on any atom is -0.497 e. The zero-order valence-corrected chi connectivity index (χ0v) is 18.4. The fourth-order valence-corrected chi connectivity index (χ4v) is 4.71. The van der Waals surface area contributed by atoms with Crippen molar-refractivity contribution in [1.29, 1.82) is 0 Å². The highest BCUT2D eigenvalue weighted by Crippen LogP contribution is 2.41. The number of amides is 1. The number of aryl methyl sites for hydroxylation is 2. The van der Waals surface area contributed by atoms with Crippen molar-refractivity contribution in [3.05, 3.63) is 82.8 Å². The molecule has 0 saturated heterocycles. The molecule has 1 atom stereocenters. The number of thioether (sulfide) groups is 1. The van der Waals surface area contributed by atoms with Crippen molar-refractivity contribution in [3.8, 4) is 5.75 Å². The van der Waals surface area contributed by atoms with E-state index in [1.54, 1.807) is 24.9 Å². The summed E-state index contributed by atoms with van der Waals surface area (Å²) in [6, 6.07) is 17.9. The van der Waals surface area contributed by atoms with Crippen molar-refractivity contribution < 1.29 is 13.9 Å². The van der Waals surface area contributed by atoms with E-state index in [4.69, 9.17) is 9.15 Å². The molecule has 3 aromatic rings. The number of hydrogen-bond acceptors (Lipinski definition) is 4. The average Bonchev–Trinajstić information content (AvgIpc) is 3.48. The van der Waals surface area contributed by atoms with Crippen molar-refractivity contribution in [2.45, 2.75) is 43.4 Å². The quantitative estimate of drug-likeness (QED) is 0.448. The van der Waals surface area contributed by atoms with E-state index in [9.17, 15) is 4.79 Å². The van der Waals surface area contributed by atoms with Gasteiger partial charge in [0.25, 0.3) is 5.91 Å². The molecular formula is C25H27NO3S. The number of carbonyl (C=O) groups is 1. The maximum absolute atomic E-state index is 12.8. The molecule has 1 fully saturated rings. The molecule has 1 unspecified atom stereocenters. The van der Waals surface area contributed by atoms with Crippen LogP contribution in [0.15, 0.2) is 63.9 Å². The van der Waals surface area contributed by atoms with Gasteiger partial charge in [-0.15, -0.1) is 11.8 Å². The molecule has 5 heteroatoms. The predicted octanol–water partition coefficient (Wildman–Crippen LogP) is 6.08. The molecule has 4 rings (SSSR count). The summed E-state index contributed by atoms with van der Waals surface area (Å²) in [7, 11) is 1.66. The highest BCUT2D eigenvalue weighted by Gasteiger charge is 2.34. The van der Waals surface area contributed by atoms with Gasteiger partial charge in [-0.3, -0.25) is 4.79 Å². The van der Waals surface area contributed by atoms with Gasteiger partial charge in [-0.05, 0) is 73.6 Å². The normalized spacial score (nSPS) is 14.4. The Bertz CT molecular complexity index is 1000. The first-order valence-electron chi connectivity index (χ1n) is 10.3. The monoisotopic (exact) mass is 421 g/mol. The van der Waals surface area contributed by atoms with Crippen LogP contribution < -0.4 is 10.1 Å². The van der Waals surface area contributed by atoms with Crippen LogP contribution in [0.1, 0.15) is 51.9 Å². The second kappa shape index (κ2) is 9.00. The Balaban J connectivity index is 1.41. The SMILES string of the molecule is COc1ccc(C(NC(=O)c2ccc(CSc3c(C)cccc3C)o2)C2CC2)cc1. The van der Waals surface area contributed by atoms with Crippen molar-refractivity contribution in [1.82, 2.24) is 5.32 Å². The van der Waals surface area contributed by atoms with E-state index in [1.807, 2.05) is 30.3 Å². The standard InChI is InChI=1S/C25H27NO3S/c1-16-5-4-6-17(2)24(16)30-15-21-13-14-22(29-21)25(27)26-23(18-7-8-18)19-9-11-20(28-3)12-10-19/h4-6,9-14,18,23H,7-8,15H2,1-3H3,(H,26,27). The van der Waals surface area contributed by atoms with Gasteiger partial charge in [0.05, 0.1) is 18.9 Å². The molecule has 0 radical (unpaired) electrons. The van der Waals surface area contributed by atoms with Crippen LogP contribution in [0.3, 0.4) is 0 Å². The van der Waals surface area contributed by atoms with Crippen LogP contribution in [0.25, 0.3) is 0 Å². The lowest BCUT2D eigenvalue weighted by Crippen LogP contribution is -2.29. The van der Waals surface area contributed by atoms with Gasteiger partial charge in [0.2, 0.25) is 0 Å². The molecule has 1 aliphatic carbocycles. The number of carbonyl (C=O) groups excluding carboxylic acids is 1. The van der Waals surface area contributed by atoms with Crippen LogP contribution in [-0.4, -0.2) is 13.0 Å². The van der Waals surface area contributed by atoms with E-state index >= 15 is 0 Å². The molecular weight excluding hydrogens is 394 g/mol. The molecule has 1 saturated carbocycles. The van der Waals surface area contributed by atoms with Gasteiger partial charge in [0.15, 0.2) is 5.76 Å². The Morgan fingerprint density at radius 2 is 1.80 bits per heavy atom. The van der Waals surface area contributed by atoms with Gasteiger partial charge in [-0.1, -0.05) is 30.3 Å². The lowest BCUT2D eigenvalue weighted by Gasteiger charge is -2.18. The van der Waals surface area contributed by atoms with Crippen molar-refractivity contribution in [3.63, 3.8) is 0 Å². The maximum Gasteiger partial charge on any atom is 0.287 e. The molecule has 0 bridgehead atoms. The third-order valence-corrected chi connectivity index (χ3v) is 6.87. The topological polar surface area (TPSA) is 51.5 Å². The van der Waals surface area contributed by atoms with Crippen LogP contribution in [0, 0.1) is 19.8 Å². The molecule has 4 nitrogen and oxygen atoms in total. The van der Waals surface area contributed by atoms with Crippen LogP contribution in [0.5, 0.6) is 5.75 Å². The highest BCUT2D eigenvalue weighted by atomic mass is 32.2. The number of hydrogen-bond donors (Lipinski definition) is 1. The largest absolute Gasteiger partial charge is 0.497 e. The third kappa shape index (κ3) is 4.73. The molecule has 0 aliphatic heterocycles. The van der Waals surface area contributed by atoms with E-state index in [2.05, 4.69) is 37.4 Å². The summed E-state index contributed by atoms with van der Waals surface area (Å²) in [5.41, 5.74) is 3.62. The number of ether oxygens (including phenoxy) is 1. The molecule has 30 heavy (non-hydrogen) atoms. The average molecular weight is 422 g/mol. The van der Waals surface area contributed by atoms with Crippen LogP contribution in [0.4, 0.5) is 0 Å². The molecule has 1 heterocycles. The minimum absolute atomic E-state index is 0.000879. The number of nitrogens with one attached hydrogen (secondary N) is 1. The van der Waals surface area contributed by atoms with Gasteiger partial charge in [-0.2, -0.15) is 0 Å². The van der Waals surface area contributed by atoms with Crippen molar-refractivity contribution >= 4 is 17.7 Å². The Morgan fingerprint density at radius 3 is 2.43 bits per heavy atom. The first-order valence-corrected chi connectivity index (χ1v) is 11.3. The number of furan rings is 1. The van der Waals surface area contributed by atoms with Gasteiger partial charge in [0.1, 0.15) is 11.5 Å². The smallest absolute Gasteiger partial charge is 0.287 e. The Hall–Kier alpha value is -2.66. The summed E-state index contributed by atoms with van der Waals surface area (Å²) < 4.78 is 11.1. The molecule has 1 aliphatic rings. The maximum atomic E-state index is 12.8. The molecule has 1 aromatic heterocycles. The summed E-state index contributed by atoms with van der Waals surface area (Å²) in [6.07, 6.45) is 2.26. The summed E-state index contributed by atoms with van der Waals surface area (Å²) in [5, 5.41) is 3.17. The lowest BCUT2D eigenvalue weighted by molar-refractivity contribution is 0.0902. The molecule has 1 N–H and O–H groups in total. The Kier molecular flexibility index (Phi) is 6.18. The van der Waals surface area contributed by atoms with Crippen molar-refractivity contribution in [2.24, 2.45) is 5.92 Å². The number of methoxy groups -OCH3 is 1. The molecule has 156 valence electrons. The molecule has 1 amide bonds. The van der Waals surface area contributed by atoms with Crippen LogP contribution in [0.2, 0.25) is 0 Å². The van der Waals surface area contributed by atoms with Gasteiger partial charge < -0.3 is 14.5 Å². The highest BCUT2D eigenvalue weighted by molar-refractivity contribution is 7.98. The van der Waals surface area contributed by atoms with E-state index in [-0.39, 0.29) is 11.9 Å². The van der Waals surface area contributed by atoms with E-state index in [0.717, 1.165) is 29.9 Å². The second-order valence-corrected chi connectivity index (χ2v) is 8.82. The molecule has 0 spiro atoms. The lowest BCUT2D eigenvalue weighted by atomic mass is 10.0. The minimum atomic E-state index is -0.161. The fourth-order valence-electron chi connectivity index (χ4n) is 3.67. The Labute approximate surface area is 182 Å². The number of benzene rings is 2. The Morgan fingerprint density at radius 1 is 1.10 bits per heavy atom. The third-order valence-electron chi connectivity index (χ3n) is 5.51. The number of rotatable bonds is 8. The van der Waals surface area contributed by atoms with Crippen LogP contribution >= 0.6 is 11.8 Å². The van der Waals surface area contributed by atoms with Gasteiger partial charge in [0, 0.05) is 4.90 Å². The summed E-state index contributed by atoms with van der Waals surface area (Å²) in [5.74, 6) is 3.01. The van der Waals surface area contributed by atoms with Gasteiger partial charge in [-0.25, -0.2) is 0 Å². The molecule has 2 aromatic carbocycles. The van der Waals surface area contributed by atoms with Crippen molar-refractivity contribution in [2.75, 3.05) is 7.11 Å². The van der Waals surface area contributed by atoms with E-state index in [1.165, 1.54) is 16.0 Å². The fraction of sp³-hybridized carbons (Fsp3) is 0.320. The first kappa shape index (κ1) is 20.6. The zero-order valence-electron chi connectivity index (χ0n) is 17.6. The first-order chi connectivity index (χ1) is 14.5. The summed E-state index contributed by atoms with van der Waals surface area (Å²) in [4.78, 5) is 14.1. The van der Waals surface area contributed by atoms with Gasteiger partial charge >= 0.3 is 0 Å². The predicted molar refractivity (Wildman–Crippen MR) is 120 cm³/mol. The zero-order chi connectivity index (χ0) is 21.1. The van der Waals surface area contributed by atoms with Crippen LogP contribution in [-0.2, 0) is 5.75 Å². The summed E-state index contributed by atoms with van der Waals surface area (Å²) in [6.45, 7) is 4.24. The van der Waals surface area contributed by atoms with E-state index < -0.39 is 0 Å².